The predicted octanol–water partition coefficient (Wildman–Crippen LogP) is 1.78. The Kier molecular flexibility index (Phi) is 2.04. The molecule has 1 aliphatic rings. The molecule has 3 rings (SSSR count). The Hall–Kier alpha value is -2.11. The quantitative estimate of drug-likeness (QED) is 0.816. The number of halogens is 1. The van der Waals surface area contributed by atoms with Crippen molar-refractivity contribution in [3.8, 4) is 0 Å². The molecular weight excluding hydrogens is 223 g/mol. The zero-order valence-corrected chi connectivity index (χ0v) is 9.01. The lowest BCUT2D eigenvalue weighted by Gasteiger charge is -2.15. The van der Waals surface area contributed by atoms with Crippen LogP contribution in [0, 0.1) is 0 Å². The summed E-state index contributed by atoms with van der Waals surface area (Å²) in [6.45, 7) is 3.63. The van der Waals surface area contributed by atoms with Gasteiger partial charge in [-0.05, 0) is 6.07 Å². The van der Waals surface area contributed by atoms with E-state index in [0.717, 1.165) is 0 Å². The fourth-order valence-electron chi connectivity index (χ4n) is 2.04. The number of hydrogen-bond donors (Lipinski definition) is 1. The smallest absolute Gasteiger partial charge is 0.208 e. The number of alkyl halides is 1. The molecule has 88 valence electrons. The molecule has 0 aliphatic carbocycles. The van der Waals surface area contributed by atoms with Gasteiger partial charge in [-0.1, -0.05) is 6.58 Å². The first kappa shape index (κ1) is 10.1. The number of nitrogen functional groups attached to an aromatic ring is 1. The minimum Gasteiger partial charge on any atom is -0.472 e. The molecule has 2 N–H and O–H groups in total. The lowest BCUT2D eigenvalue weighted by Crippen LogP contribution is -2.15. The Labute approximate surface area is 96.7 Å². The van der Waals surface area contributed by atoms with E-state index in [1.165, 1.54) is 6.33 Å². The molecule has 0 spiro atoms. The Morgan fingerprint density at radius 2 is 2.35 bits per heavy atom. The van der Waals surface area contributed by atoms with Crippen LogP contribution in [0.15, 0.2) is 30.9 Å². The molecule has 2 atom stereocenters. The maximum absolute atomic E-state index is 13.7. The highest BCUT2D eigenvalue weighted by Crippen LogP contribution is 2.35. The van der Waals surface area contributed by atoms with Crippen molar-refractivity contribution in [2.24, 2.45) is 0 Å². The van der Waals surface area contributed by atoms with E-state index in [1.807, 2.05) is 0 Å². The van der Waals surface area contributed by atoms with Gasteiger partial charge in [-0.3, -0.25) is 4.57 Å². The number of aromatic nitrogens is 3. The Morgan fingerprint density at radius 3 is 3.06 bits per heavy atom. The van der Waals surface area contributed by atoms with Crippen molar-refractivity contribution in [3.63, 3.8) is 0 Å². The average molecular weight is 234 g/mol. The fraction of sp³-hybridized carbons (Fsp3) is 0.273. The first-order chi connectivity index (χ1) is 8.16. The number of rotatable bonds is 1. The normalized spacial score (nSPS) is 24.2. The van der Waals surface area contributed by atoms with E-state index in [4.69, 9.17) is 10.5 Å². The summed E-state index contributed by atoms with van der Waals surface area (Å²) in [7, 11) is 0. The summed E-state index contributed by atoms with van der Waals surface area (Å²) in [5.41, 5.74) is 6.28. The second-order valence-corrected chi connectivity index (χ2v) is 3.99. The lowest BCUT2D eigenvalue weighted by atomic mass is 10.3. The molecule has 0 bridgehead atoms. The van der Waals surface area contributed by atoms with Gasteiger partial charge in [-0.2, -0.15) is 0 Å². The molecule has 1 aliphatic heterocycles. The molecule has 1 saturated heterocycles. The van der Waals surface area contributed by atoms with Crippen molar-refractivity contribution < 1.29 is 9.13 Å². The van der Waals surface area contributed by atoms with Crippen LogP contribution in [0.3, 0.4) is 0 Å². The number of ether oxygens (including phenoxy) is 1. The van der Waals surface area contributed by atoms with Gasteiger partial charge in [-0.25, -0.2) is 14.4 Å². The summed E-state index contributed by atoms with van der Waals surface area (Å²) in [6, 6.07) is 1.75. The number of nitrogens with zero attached hydrogens (tertiary/aromatic N) is 3. The molecule has 2 unspecified atom stereocenters. The third kappa shape index (κ3) is 1.44. The molecule has 0 aromatic carbocycles. The van der Waals surface area contributed by atoms with Gasteiger partial charge >= 0.3 is 0 Å². The number of nitrogens with two attached hydrogens (primary N) is 1. The van der Waals surface area contributed by atoms with Crippen LogP contribution in [0.2, 0.25) is 0 Å². The van der Waals surface area contributed by atoms with Gasteiger partial charge in [0.1, 0.15) is 17.8 Å². The van der Waals surface area contributed by atoms with E-state index in [0.29, 0.717) is 22.6 Å². The van der Waals surface area contributed by atoms with Crippen LogP contribution in [0.25, 0.3) is 11.0 Å². The van der Waals surface area contributed by atoms with Crippen LogP contribution >= 0.6 is 0 Å². The predicted molar refractivity (Wildman–Crippen MR) is 60.7 cm³/mol. The van der Waals surface area contributed by atoms with E-state index >= 15 is 0 Å². The van der Waals surface area contributed by atoms with Crippen molar-refractivity contribution >= 4 is 16.9 Å². The maximum Gasteiger partial charge on any atom is 0.208 e. The van der Waals surface area contributed by atoms with Crippen molar-refractivity contribution in [2.45, 2.75) is 18.8 Å². The molecule has 0 amide bonds. The average Bonchev–Trinajstić information content (AvgIpc) is 2.83. The molecule has 2 aromatic rings. The molecule has 0 radical (unpaired) electrons. The molecule has 1 fully saturated rings. The Balaban J connectivity index is 2.12. The van der Waals surface area contributed by atoms with Crippen LogP contribution in [0.1, 0.15) is 12.6 Å². The first-order valence-corrected chi connectivity index (χ1v) is 5.22. The minimum absolute atomic E-state index is 0.213. The van der Waals surface area contributed by atoms with Gasteiger partial charge in [0.25, 0.3) is 0 Å². The van der Waals surface area contributed by atoms with Crippen molar-refractivity contribution in [1.29, 1.82) is 0 Å². The molecular formula is C11H11FN4O. The number of anilines is 1. The zero-order chi connectivity index (χ0) is 12.0. The summed E-state index contributed by atoms with van der Waals surface area (Å²) in [5, 5.41) is 0.695. The summed E-state index contributed by atoms with van der Waals surface area (Å²) < 4.78 is 20.7. The second kappa shape index (κ2) is 3.44. The van der Waals surface area contributed by atoms with E-state index in [9.17, 15) is 4.39 Å². The SMILES string of the molecule is C=C1CC(F)C(n2ccc3c(N)ncnc32)O1. The van der Waals surface area contributed by atoms with E-state index < -0.39 is 12.4 Å². The summed E-state index contributed by atoms with van der Waals surface area (Å²) in [6.07, 6.45) is 1.44. The topological polar surface area (TPSA) is 66.0 Å². The van der Waals surface area contributed by atoms with E-state index in [2.05, 4.69) is 16.5 Å². The standard InChI is InChI=1S/C11H11FN4O/c1-6-4-8(12)11(17-6)16-3-2-7-9(13)14-5-15-10(7)16/h2-3,5,8,11H,1,4H2,(H2,13,14,15). The molecule has 3 heterocycles. The largest absolute Gasteiger partial charge is 0.472 e. The first-order valence-electron chi connectivity index (χ1n) is 5.22. The Bertz CT molecular complexity index is 594. The number of fused-ring (bicyclic) bond motifs is 1. The summed E-state index contributed by atoms with van der Waals surface area (Å²) >= 11 is 0. The molecule has 6 heteroatoms. The number of allylic oxidation sites excluding steroid dienone is 1. The van der Waals surface area contributed by atoms with E-state index in [1.54, 1.807) is 16.8 Å². The van der Waals surface area contributed by atoms with Crippen molar-refractivity contribution in [1.82, 2.24) is 14.5 Å². The highest BCUT2D eigenvalue weighted by atomic mass is 19.1. The Morgan fingerprint density at radius 1 is 1.53 bits per heavy atom. The summed E-state index contributed by atoms with van der Waals surface area (Å²) in [4.78, 5) is 7.98. The van der Waals surface area contributed by atoms with Gasteiger partial charge in [0.2, 0.25) is 6.23 Å². The molecule has 17 heavy (non-hydrogen) atoms. The van der Waals surface area contributed by atoms with Crippen LogP contribution in [0.4, 0.5) is 10.2 Å². The lowest BCUT2D eigenvalue weighted by molar-refractivity contribution is 0.0526. The third-order valence-electron chi connectivity index (χ3n) is 2.83. The van der Waals surface area contributed by atoms with Gasteiger partial charge in [-0.15, -0.1) is 0 Å². The fourth-order valence-corrected chi connectivity index (χ4v) is 2.04. The number of hydrogen-bond acceptors (Lipinski definition) is 4. The van der Waals surface area contributed by atoms with Gasteiger partial charge < -0.3 is 10.5 Å². The van der Waals surface area contributed by atoms with Gasteiger partial charge in [0, 0.05) is 12.6 Å². The monoisotopic (exact) mass is 234 g/mol. The van der Waals surface area contributed by atoms with Crippen LogP contribution in [-0.2, 0) is 4.74 Å². The van der Waals surface area contributed by atoms with Crippen molar-refractivity contribution in [2.75, 3.05) is 5.73 Å². The minimum atomic E-state index is -1.12. The zero-order valence-electron chi connectivity index (χ0n) is 9.01. The summed E-state index contributed by atoms with van der Waals surface area (Å²) in [5.74, 6) is 0.826. The second-order valence-electron chi connectivity index (χ2n) is 3.99. The van der Waals surface area contributed by atoms with Gasteiger partial charge in [0.05, 0.1) is 11.1 Å². The highest BCUT2D eigenvalue weighted by Gasteiger charge is 2.33. The molecule has 5 nitrogen and oxygen atoms in total. The highest BCUT2D eigenvalue weighted by molar-refractivity contribution is 5.86. The van der Waals surface area contributed by atoms with Crippen LogP contribution in [-0.4, -0.2) is 20.7 Å². The maximum atomic E-state index is 13.7. The molecule has 2 aromatic heterocycles. The molecule has 0 saturated carbocycles. The third-order valence-corrected chi connectivity index (χ3v) is 2.83. The van der Waals surface area contributed by atoms with Crippen molar-refractivity contribution in [3.05, 3.63) is 30.9 Å². The van der Waals surface area contributed by atoms with Crippen LogP contribution < -0.4 is 5.73 Å². The van der Waals surface area contributed by atoms with Gasteiger partial charge in [0.15, 0.2) is 6.17 Å². The van der Waals surface area contributed by atoms with E-state index in [-0.39, 0.29) is 6.42 Å². The van der Waals surface area contributed by atoms with Crippen LogP contribution in [0.5, 0.6) is 0 Å².